The summed E-state index contributed by atoms with van der Waals surface area (Å²) in [6.45, 7) is 3.14. The summed E-state index contributed by atoms with van der Waals surface area (Å²) in [7, 11) is -3.78. The molecule has 1 N–H and O–H groups in total. The topological polar surface area (TPSA) is 102 Å². The van der Waals surface area contributed by atoms with Gasteiger partial charge in [-0.25, -0.2) is 8.42 Å². The number of ether oxygens (including phenoxy) is 2. The minimum absolute atomic E-state index is 0.0347. The van der Waals surface area contributed by atoms with Gasteiger partial charge in [0.05, 0.1) is 36.3 Å². The van der Waals surface area contributed by atoms with Crippen LogP contribution in [0.25, 0.3) is 0 Å². The monoisotopic (exact) mass is 436 g/mol. The zero-order valence-electron chi connectivity index (χ0n) is 14.8. The van der Waals surface area contributed by atoms with E-state index in [0.717, 1.165) is 11.8 Å². The lowest BCUT2D eigenvalue weighted by Crippen LogP contribution is -2.40. The van der Waals surface area contributed by atoms with Gasteiger partial charge in [-0.05, 0) is 25.1 Å². The van der Waals surface area contributed by atoms with Crippen LogP contribution in [0.1, 0.15) is 6.92 Å². The Morgan fingerprint density at radius 3 is 2.67 bits per heavy atom. The first-order valence-electron chi connectivity index (χ1n) is 8.25. The molecule has 1 aromatic carbocycles. The van der Waals surface area contributed by atoms with Crippen molar-refractivity contribution in [2.45, 2.75) is 11.8 Å². The number of esters is 1. The summed E-state index contributed by atoms with van der Waals surface area (Å²) in [6.07, 6.45) is 0. The van der Waals surface area contributed by atoms with E-state index in [1.807, 2.05) is 0 Å². The van der Waals surface area contributed by atoms with Gasteiger partial charge in [0, 0.05) is 18.8 Å². The fourth-order valence-corrected chi connectivity index (χ4v) is 4.85. The number of hydrogen-bond donors (Lipinski definition) is 1. The number of rotatable bonds is 8. The van der Waals surface area contributed by atoms with Crippen molar-refractivity contribution in [3.8, 4) is 0 Å². The first-order chi connectivity index (χ1) is 12.8. The largest absolute Gasteiger partial charge is 0.465 e. The van der Waals surface area contributed by atoms with E-state index in [1.165, 1.54) is 22.5 Å². The number of thioether (sulfide) groups is 1. The Morgan fingerprint density at radius 2 is 2.00 bits per heavy atom. The van der Waals surface area contributed by atoms with Crippen LogP contribution in [0.15, 0.2) is 23.1 Å². The van der Waals surface area contributed by atoms with Gasteiger partial charge in [0.2, 0.25) is 15.9 Å². The van der Waals surface area contributed by atoms with Crippen molar-refractivity contribution in [2.75, 3.05) is 49.7 Å². The molecule has 0 unspecified atom stereocenters. The van der Waals surface area contributed by atoms with Gasteiger partial charge < -0.3 is 14.8 Å². The zero-order valence-corrected chi connectivity index (χ0v) is 17.2. The Labute approximate surface area is 167 Å². The molecule has 150 valence electrons. The number of nitrogens with zero attached hydrogens (tertiary/aromatic N) is 1. The van der Waals surface area contributed by atoms with Gasteiger partial charge in [0.25, 0.3) is 0 Å². The van der Waals surface area contributed by atoms with Gasteiger partial charge in [-0.2, -0.15) is 4.31 Å². The van der Waals surface area contributed by atoms with Gasteiger partial charge in [-0.3, -0.25) is 9.59 Å². The number of morpholine rings is 1. The molecule has 1 aliphatic heterocycles. The second-order valence-electron chi connectivity index (χ2n) is 5.51. The highest BCUT2D eigenvalue weighted by Gasteiger charge is 2.28. The summed E-state index contributed by atoms with van der Waals surface area (Å²) in [4.78, 5) is 23.2. The summed E-state index contributed by atoms with van der Waals surface area (Å²) in [6, 6.07) is 4.28. The molecule has 0 radical (unpaired) electrons. The van der Waals surface area contributed by atoms with E-state index in [0.29, 0.717) is 18.9 Å². The highest BCUT2D eigenvalue weighted by atomic mass is 35.5. The molecule has 1 saturated heterocycles. The second-order valence-corrected chi connectivity index (χ2v) is 8.81. The maximum Gasteiger partial charge on any atom is 0.315 e. The summed E-state index contributed by atoms with van der Waals surface area (Å²) in [5.74, 6) is -0.645. The first kappa shape index (κ1) is 22.0. The van der Waals surface area contributed by atoms with Crippen LogP contribution in [0.3, 0.4) is 0 Å². The molecule has 0 saturated carbocycles. The normalized spacial score (nSPS) is 15.3. The number of benzene rings is 1. The fraction of sp³-hybridized carbons (Fsp3) is 0.500. The Bertz CT molecular complexity index is 781. The molecule has 1 aliphatic rings. The number of carbonyl (C=O) groups is 2. The maximum atomic E-state index is 12.8. The fourth-order valence-electron chi connectivity index (χ4n) is 2.33. The lowest BCUT2D eigenvalue weighted by molar-refractivity contribution is -0.139. The van der Waals surface area contributed by atoms with E-state index in [9.17, 15) is 18.0 Å². The minimum atomic E-state index is -3.78. The highest BCUT2D eigenvalue weighted by molar-refractivity contribution is 8.00. The molecule has 1 fully saturated rings. The Kier molecular flexibility index (Phi) is 8.36. The minimum Gasteiger partial charge on any atom is -0.465 e. The van der Waals surface area contributed by atoms with Crippen LogP contribution < -0.4 is 5.32 Å². The van der Waals surface area contributed by atoms with Gasteiger partial charge in [0.15, 0.2) is 0 Å². The molecule has 0 atom stereocenters. The molecule has 1 heterocycles. The molecule has 8 nitrogen and oxygen atoms in total. The van der Waals surface area contributed by atoms with E-state index < -0.39 is 10.0 Å². The van der Waals surface area contributed by atoms with Crippen molar-refractivity contribution in [1.82, 2.24) is 4.31 Å². The van der Waals surface area contributed by atoms with Crippen LogP contribution in [-0.2, 0) is 29.1 Å². The lowest BCUT2D eigenvalue weighted by atomic mass is 10.3. The molecular formula is C16H21ClN2O6S2. The Morgan fingerprint density at radius 1 is 1.30 bits per heavy atom. The van der Waals surface area contributed by atoms with Gasteiger partial charge in [0.1, 0.15) is 4.90 Å². The maximum absolute atomic E-state index is 12.8. The SMILES string of the molecule is CCOC(=O)CSCC(=O)Nc1ccc(Cl)c(S(=O)(=O)N2CCOCC2)c1. The summed E-state index contributed by atoms with van der Waals surface area (Å²) < 4.78 is 36.8. The Hall–Kier alpha value is -1.33. The molecule has 0 aliphatic carbocycles. The molecule has 1 amide bonds. The number of halogens is 1. The van der Waals surface area contributed by atoms with Crippen molar-refractivity contribution < 1.29 is 27.5 Å². The van der Waals surface area contributed by atoms with Crippen molar-refractivity contribution in [2.24, 2.45) is 0 Å². The Balaban J connectivity index is 2.02. The van der Waals surface area contributed by atoms with Crippen LogP contribution in [0, 0.1) is 0 Å². The molecule has 0 bridgehead atoms. The molecule has 2 rings (SSSR count). The smallest absolute Gasteiger partial charge is 0.315 e. The molecule has 11 heteroatoms. The molecule has 1 aromatic rings. The van der Waals surface area contributed by atoms with E-state index in [2.05, 4.69) is 5.32 Å². The second kappa shape index (κ2) is 10.3. The number of anilines is 1. The molecule has 27 heavy (non-hydrogen) atoms. The zero-order chi connectivity index (χ0) is 19.9. The van der Waals surface area contributed by atoms with Crippen molar-refractivity contribution in [3.05, 3.63) is 23.2 Å². The standard InChI is InChI=1S/C16H21ClN2O6S2/c1-2-25-16(21)11-26-10-15(20)18-12-3-4-13(17)14(9-12)27(22,23)19-5-7-24-8-6-19/h3-4,9H,2,5-8,10-11H2,1H3,(H,18,20). The average molecular weight is 437 g/mol. The quantitative estimate of drug-likeness (QED) is 0.617. The van der Waals surface area contributed by atoms with Crippen LogP contribution in [-0.4, -0.2) is 69.0 Å². The predicted molar refractivity (Wildman–Crippen MR) is 104 cm³/mol. The molecular weight excluding hydrogens is 416 g/mol. The highest BCUT2D eigenvalue weighted by Crippen LogP contribution is 2.28. The number of carbonyl (C=O) groups excluding carboxylic acids is 2. The molecule has 0 aromatic heterocycles. The molecule has 0 spiro atoms. The first-order valence-corrected chi connectivity index (χ1v) is 11.2. The number of amides is 1. The van der Waals surface area contributed by atoms with Crippen molar-refractivity contribution in [3.63, 3.8) is 0 Å². The third kappa shape index (κ3) is 6.35. The number of hydrogen-bond acceptors (Lipinski definition) is 7. The van der Waals surface area contributed by atoms with Crippen molar-refractivity contribution in [1.29, 1.82) is 0 Å². The summed E-state index contributed by atoms with van der Waals surface area (Å²) >= 11 is 7.19. The van der Waals surface area contributed by atoms with E-state index >= 15 is 0 Å². The van der Waals surface area contributed by atoms with Crippen LogP contribution >= 0.6 is 23.4 Å². The number of sulfonamides is 1. The van der Waals surface area contributed by atoms with Crippen LogP contribution in [0.4, 0.5) is 5.69 Å². The summed E-state index contributed by atoms with van der Waals surface area (Å²) in [5.41, 5.74) is 0.313. The van der Waals surface area contributed by atoms with E-state index in [-0.39, 0.29) is 53.0 Å². The average Bonchev–Trinajstić information content (AvgIpc) is 2.64. The predicted octanol–water partition coefficient (Wildman–Crippen LogP) is 1.60. The van der Waals surface area contributed by atoms with Crippen LogP contribution in [0.2, 0.25) is 5.02 Å². The third-order valence-electron chi connectivity index (χ3n) is 3.56. The van der Waals surface area contributed by atoms with E-state index in [1.54, 1.807) is 6.92 Å². The van der Waals surface area contributed by atoms with Gasteiger partial charge in [-0.15, -0.1) is 11.8 Å². The summed E-state index contributed by atoms with van der Waals surface area (Å²) in [5, 5.41) is 2.69. The van der Waals surface area contributed by atoms with Gasteiger partial charge >= 0.3 is 5.97 Å². The lowest BCUT2D eigenvalue weighted by Gasteiger charge is -2.26. The van der Waals surface area contributed by atoms with Gasteiger partial charge in [-0.1, -0.05) is 11.6 Å². The van der Waals surface area contributed by atoms with Crippen LogP contribution in [0.5, 0.6) is 0 Å². The van der Waals surface area contributed by atoms with Crippen molar-refractivity contribution >= 4 is 50.9 Å². The number of nitrogens with one attached hydrogen (secondary N) is 1. The van der Waals surface area contributed by atoms with E-state index in [4.69, 9.17) is 21.1 Å². The third-order valence-corrected chi connectivity index (χ3v) is 6.85.